The zero-order chi connectivity index (χ0) is 18.5. The van der Waals surface area contributed by atoms with Crippen LogP contribution in [0.15, 0.2) is 29.2 Å². The van der Waals surface area contributed by atoms with Gasteiger partial charge < -0.3 is 10.6 Å². The molecular weight excluding hydrogens is 362 g/mol. The maximum Gasteiger partial charge on any atom is 0.253 e. The first-order valence-electron chi connectivity index (χ1n) is 8.14. The minimum Gasteiger partial charge on any atom is -0.341 e. The molecule has 0 radical (unpaired) electrons. The fourth-order valence-electron chi connectivity index (χ4n) is 2.50. The van der Waals surface area contributed by atoms with Crippen molar-refractivity contribution < 1.29 is 13.2 Å². The van der Waals surface area contributed by atoms with Crippen molar-refractivity contribution in [3.05, 3.63) is 29.8 Å². The molecule has 0 spiro atoms. The number of hydrogen-bond donors (Lipinski definition) is 1. The predicted molar refractivity (Wildman–Crippen MR) is 104 cm³/mol. The Morgan fingerprint density at radius 1 is 1.20 bits per heavy atom. The van der Waals surface area contributed by atoms with Crippen molar-refractivity contribution >= 4 is 28.3 Å². The average molecular weight is 392 g/mol. The van der Waals surface area contributed by atoms with E-state index in [9.17, 15) is 13.2 Å². The predicted octanol–water partition coefficient (Wildman–Crippen LogP) is 2.20. The third-order valence-corrected chi connectivity index (χ3v) is 6.03. The summed E-state index contributed by atoms with van der Waals surface area (Å²) in [4.78, 5) is 14.3. The molecule has 144 valence electrons. The molecule has 0 aliphatic heterocycles. The SMILES string of the molecule is CCN(CC)S(=O)(=O)c1cccc(C(=O)N(C)CC(C)(C)CN)c1.Cl. The van der Waals surface area contributed by atoms with Crippen molar-refractivity contribution in [3.8, 4) is 0 Å². The highest BCUT2D eigenvalue weighted by atomic mass is 35.5. The van der Waals surface area contributed by atoms with Crippen LogP contribution in [0.1, 0.15) is 38.1 Å². The summed E-state index contributed by atoms with van der Waals surface area (Å²) in [5.74, 6) is -0.215. The second-order valence-electron chi connectivity index (χ2n) is 6.65. The molecule has 0 saturated carbocycles. The number of halogens is 1. The van der Waals surface area contributed by atoms with Gasteiger partial charge in [-0.3, -0.25) is 4.79 Å². The van der Waals surface area contributed by atoms with Crippen molar-refractivity contribution in [2.45, 2.75) is 32.6 Å². The fraction of sp³-hybridized carbons (Fsp3) is 0.588. The normalized spacial score (nSPS) is 12.0. The zero-order valence-corrected chi connectivity index (χ0v) is 17.3. The van der Waals surface area contributed by atoms with Gasteiger partial charge in [0.25, 0.3) is 5.91 Å². The van der Waals surface area contributed by atoms with Crippen molar-refractivity contribution in [3.63, 3.8) is 0 Å². The number of benzene rings is 1. The van der Waals surface area contributed by atoms with Gasteiger partial charge in [0.2, 0.25) is 10.0 Å². The van der Waals surface area contributed by atoms with Gasteiger partial charge in [0.15, 0.2) is 0 Å². The van der Waals surface area contributed by atoms with E-state index in [1.165, 1.54) is 16.4 Å². The van der Waals surface area contributed by atoms with Gasteiger partial charge in [-0.1, -0.05) is 33.8 Å². The van der Waals surface area contributed by atoms with Crippen LogP contribution in [0.3, 0.4) is 0 Å². The lowest BCUT2D eigenvalue weighted by molar-refractivity contribution is 0.0740. The number of sulfonamides is 1. The lowest BCUT2D eigenvalue weighted by Crippen LogP contribution is -2.39. The van der Waals surface area contributed by atoms with Gasteiger partial charge in [0.05, 0.1) is 4.90 Å². The highest BCUT2D eigenvalue weighted by Crippen LogP contribution is 2.19. The first kappa shape index (κ1) is 23.9. The Bertz CT molecular complexity index is 673. The summed E-state index contributed by atoms with van der Waals surface area (Å²) in [7, 11) is -1.88. The van der Waals surface area contributed by atoms with Crippen LogP contribution < -0.4 is 5.73 Å². The zero-order valence-electron chi connectivity index (χ0n) is 15.7. The van der Waals surface area contributed by atoms with Crippen molar-refractivity contribution in [2.75, 3.05) is 33.2 Å². The minimum atomic E-state index is -3.58. The van der Waals surface area contributed by atoms with Crippen molar-refractivity contribution in [2.24, 2.45) is 11.1 Å². The molecule has 0 bridgehead atoms. The third-order valence-electron chi connectivity index (χ3n) is 3.99. The van der Waals surface area contributed by atoms with Crippen LogP contribution in [0.4, 0.5) is 0 Å². The second-order valence-corrected chi connectivity index (χ2v) is 8.58. The molecule has 1 aromatic carbocycles. The molecule has 1 aromatic rings. The molecule has 1 amide bonds. The van der Waals surface area contributed by atoms with Crippen LogP contribution in [-0.4, -0.2) is 56.8 Å². The van der Waals surface area contributed by atoms with Gasteiger partial charge in [-0.05, 0) is 30.2 Å². The summed E-state index contributed by atoms with van der Waals surface area (Å²) < 4.78 is 26.6. The smallest absolute Gasteiger partial charge is 0.253 e. The molecule has 8 heteroatoms. The molecule has 0 aliphatic carbocycles. The summed E-state index contributed by atoms with van der Waals surface area (Å²) in [5.41, 5.74) is 5.88. The van der Waals surface area contributed by atoms with Gasteiger partial charge in [0.1, 0.15) is 0 Å². The molecule has 0 fully saturated rings. The number of nitrogens with zero attached hydrogens (tertiary/aromatic N) is 2. The van der Waals surface area contributed by atoms with E-state index in [-0.39, 0.29) is 28.6 Å². The highest BCUT2D eigenvalue weighted by molar-refractivity contribution is 7.89. The summed E-state index contributed by atoms with van der Waals surface area (Å²) in [5, 5.41) is 0. The topological polar surface area (TPSA) is 83.7 Å². The third kappa shape index (κ3) is 5.95. The highest BCUT2D eigenvalue weighted by Gasteiger charge is 2.25. The van der Waals surface area contributed by atoms with Crippen molar-refractivity contribution in [1.82, 2.24) is 9.21 Å². The summed E-state index contributed by atoms with van der Waals surface area (Å²) in [6.07, 6.45) is 0. The fourth-order valence-corrected chi connectivity index (χ4v) is 4.01. The number of carbonyl (C=O) groups excluding carboxylic acids is 1. The Morgan fingerprint density at radius 2 is 1.76 bits per heavy atom. The maximum atomic E-state index is 12.6. The summed E-state index contributed by atoms with van der Waals surface area (Å²) in [6.45, 7) is 9.28. The van der Waals surface area contributed by atoms with Crippen LogP contribution >= 0.6 is 12.4 Å². The lowest BCUT2D eigenvalue weighted by atomic mass is 9.93. The molecule has 2 N–H and O–H groups in total. The Kier molecular flexibility index (Phi) is 9.08. The summed E-state index contributed by atoms with van der Waals surface area (Å²) in [6, 6.07) is 6.21. The molecule has 6 nitrogen and oxygen atoms in total. The molecule has 0 unspecified atom stereocenters. The number of nitrogens with two attached hydrogens (primary N) is 1. The number of carbonyl (C=O) groups is 1. The first-order valence-corrected chi connectivity index (χ1v) is 9.58. The minimum absolute atomic E-state index is 0. The largest absolute Gasteiger partial charge is 0.341 e. The van der Waals surface area contributed by atoms with E-state index in [1.54, 1.807) is 37.9 Å². The molecule has 1 rings (SSSR count). The summed E-state index contributed by atoms with van der Waals surface area (Å²) >= 11 is 0. The monoisotopic (exact) mass is 391 g/mol. The molecule has 0 saturated heterocycles. The van der Waals surface area contributed by atoms with Crippen LogP contribution in [0.5, 0.6) is 0 Å². The lowest BCUT2D eigenvalue weighted by Gasteiger charge is -2.29. The molecule has 0 aliphatic rings. The Labute approximate surface area is 157 Å². The van der Waals surface area contributed by atoms with E-state index in [0.29, 0.717) is 31.7 Å². The van der Waals surface area contributed by atoms with Gasteiger partial charge in [0, 0.05) is 32.2 Å². The Morgan fingerprint density at radius 3 is 2.24 bits per heavy atom. The van der Waals surface area contributed by atoms with Crippen LogP contribution in [0.2, 0.25) is 0 Å². The van der Waals surface area contributed by atoms with E-state index in [0.717, 1.165) is 0 Å². The van der Waals surface area contributed by atoms with Crippen LogP contribution in [-0.2, 0) is 10.0 Å². The van der Waals surface area contributed by atoms with Gasteiger partial charge in [-0.15, -0.1) is 12.4 Å². The Balaban J connectivity index is 0.00000576. The quantitative estimate of drug-likeness (QED) is 0.736. The first-order chi connectivity index (χ1) is 11.1. The maximum absolute atomic E-state index is 12.6. The number of rotatable bonds is 8. The molecular formula is C17H30ClN3O3S. The van der Waals surface area contributed by atoms with E-state index < -0.39 is 10.0 Å². The number of amides is 1. The molecule has 0 atom stereocenters. The van der Waals surface area contributed by atoms with Gasteiger partial charge >= 0.3 is 0 Å². The second kappa shape index (κ2) is 9.52. The standard InChI is InChI=1S/C17H29N3O3S.ClH/c1-6-20(7-2)24(22,23)15-10-8-9-14(11-15)16(21)19(5)13-17(3,4)12-18;/h8-11H,6-7,12-13,18H2,1-5H3;1H. The van der Waals surface area contributed by atoms with Crippen LogP contribution in [0.25, 0.3) is 0 Å². The van der Waals surface area contributed by atoms with E-state index in [4.69, 9.17) is 5.73 Å². The van der Waals surface area contributed by atoms with E-state index >= 15 is 0 Å². The Hall–Kier alpha value is -1.15. The average Bonchev–Trinajstić information content (AvgIpc) is 2.54. The molecule has 0 aromatic heterocycles. The van der Waals surface area contributed by atoms with E-state index in [1.807, 2.05) is 13.8 Å². The van der Waals surface area contributed by atoms with Gasteiger partial charge in [-0.2, -0.15) is 4.31 Å². The van der Waals surface area contributed by atoms with Crippen molar-refractivity contribution in [1.29, 1.82) is 0 Å². The van der Waals surface area contributed by atoms with E-state index in [2.05, 4.69) is 0 Å². The van der Waals surface area contributed by atoms with Crippen LogP contribution in [0, 0.1) is 5.41 Å². The molecule has 25 heavy (non-hydrogen) atoms. The van der Waals surface area contributed by atoms with Gasteiger partial charge in [-0.25, -0.2) is 8.42 Å². The number of hydrogen-bond acceptors (Lipinski definition) is 4. The molecule has 0 heterocycles.